The summed E-state index contributed by atoms with van der Waals surface area (Å²) in [5.74, 6) is 0.707. The van der Waals surface area contributed by atoms with Crippen LogP contribution in [0, 0.1) is 0 Å². The lowest BCUT2D eigenvalue weighted by atomic mass is 10.1. The third-order valence-electron chi connectivity index (χ3n) is 4.81. The molecule has 0 aliphatic rings. The Morgan fingerprint density at radius 2 is 1.72 bits per heavy atom. The highest BCUT2D eigenvalue weighted by Crippen LogP contribution is 2.24. The zero-order valence-electron chi connectivity index (χ0n) is 17.9. The first kappa shape index (κ1) is 22.4. The summed E-state index contributed by atoms with van der Waals surface area (Å²) in [6.45, 7) is 5.67. The van der Waals surface area contributed by atoms with Crippen LogP contribution in [0.2, 0.25) is 0 Å². The molecular weight excluding hydrogens is 366 g/mol. The van der Waals surface area contributed by atoms with Gasteiger partial charge in [0.2, 0.25) is 5.91 Å². The number of carbonyl (C=O) groups is 2. The van der Waals surface area contributed by atoms with Gasteiger partial charge in [-0.15, -0.1) is 0 Å². The molecule has 2 amide bonds. The van der Waals surface area contributed by atoms with Crippen LogP contribution in [-0.4, -0.2) is 55.9 Å². The van der Waals surface area contributed by atoms with Crippen LogP contribution in [0.5, 0.6) is 5.75 Å². The van der Waals surface area contributed by atoms with Crippen LogP contribution in [-0.2, 0) is 11.3 Å². The molecule has 29 heavy (non-hydrogen) atoms. The number of rotatable bonds is 9. The lowest BCUT2D eigenvalue weighted by Gasteiger charge is -2.22. The van der Waals surface area contributed by atoms with E-state index in [9.17, 15) is 9.59 Å². The van der Waals surface area contributed by atoms with Gasteiger partial charge in [-0.1, -0.05) is 37.3 Å². The maximum absolute atomic E-state index is 12.6. The van der Waals surface area contributed by atoms with Gasteiger partial charge < -0.3 is 15.0 Å². The van der Waals surface area contributed by atoms with Crippen LogP contribution in [0.4, 0.5) is 0 Å². The molecule has 1 N–H and O–H groups in total. The molecule has 0 unspecified atom stereocenters. The Morgan fingerprint density at radius 1 is 1.07 bits per heavy atom. The van der Waals surface area contributed by atoms with Gasteiger partial charge in [0, 0.05) is 31.8 Å². The van der Waals surface area contributed by atoms with Gasteiger partial charge in [0.1, 0.15) is 5.75 Å². The molecule has 0 heterocycles. The molecule has 0 spiro atoms. The summed E-state index contributed by atoms with van der Waals surface area (Å²) in [6, 6.07) is 15.1. The molecule has 1 atom stereocenters. The summed E-state index contributed by atoms with van der Waals surface area (Å²) in [5, 5.41) is 3.05. The Bertz CT molecular complexity index is 818. The predicted octanol–water partition coefficient (Wildman–Crippen LogP) is 3.10. The number of ether oxygens (including phenoxy) is 1. The molecule has 0 radical (unpaired) electrons. The maximum atomic E-state index is 12.6. The number of hydrogen-bond donors (Lipinski definition) is 1. The quantitative estimate of drug-likeness (QED) is 0.706. The van der Waals surface area contributed by atoms with E-state index in [1.54, 1.807) is 26.1 Å². The summed E-state index contributed by atoms with van der Waals surface area (Å²) < 4.78 is 5.38. The molecule has 2 aromatic rings. The van der Waals surface area contributed by atoms with E-state index in [0.717, 1.165) is 23.4 Å². The number of nitrogens with one attached hydrogen (secondary N) is 1. The van der Waals surface area contributed by atoms with Crippen molar-refractivity contribution in [1.82, 2.24) is 15.1 Å². The monoisotopic (exact) mass is 397 g/mol. The first-order chi connectivity index (χ1) is 13.8. The van der Waals surface area contributed by atoms with E-state index >= 15 is 0 Å². The van der Waals surface area contributed by atoms with Crippen LogP contribution < -0.4 is 10.1 Å². The zero-order chi connectivity index (χ0) is 21.4. The van der Waals surface area contributed by atoms with Gasteiger partial charge in [-0.3, -0.25) is 14.5 Å². The standard InChI is InChI=1S/C23H31N3O3/c1-6-26(15-18-11-13-19(14-12-18)23(28)25(3)4)16-22(27)24-17(2)20-9-7-8-10-21(20)29-5/h7-14,17H,6,15-16H2,1-5H3,(H,24,27)/t17-/m1/s1. The normalized spacial score (nSPS) is 11.8. The third kappa shape index (κ3) is 6.32. The van der Waals surface area contributed by atoms with Gasteiger partial charge in [0.25, 0.3) is 5.91 Å². The van der Waals surface area contributed by atoms with Crippen LogP contribution in [0.1, 0.15) is 41.4 Å². The molecule has 0 saturated heterocycles. The second kappa shape index (κ2) is 10.6. The average Bonchev–Trinajstić information content (AvgIpc) is 2.72. The van der Waals surface area contributed by atoms with Crippen molar-refractivity contribution < 1.29 is 14.3 Å². The zero-order valence-corrected chi connectivity index (χ0v) is 17.9. The topological polar surface area (TPSA) is 61.9 Å². The van der Waals surface area contributed by atoms with E-state index in [-0.39, 0.29) is 17.9 Å². The Hall–Kier alpha value is -2.86. The van der Waals surface area contributed by atoms with E-state index < -0.39 is 0 Å². The highest BCUT2D eigenvalue weighted by molar-refractivity contribution is 5.93. The molecule has 0 aliphatic carbocycles. The Morgan fingerprint density at radius 3 is 2.31 bits per heavy atom. The van der Waals surface area contributed by atoms with E-state index in [4.69, 9.17) is 4.74 Å². The van der Waals surface area contributed by atoms with Crippen molar-refractivity contribution in [1.29, 1.82) is 0 Å². The van der Waals surface area contributed by atoms with Crippen molar-refractivity contribution in [3.63, 3.8) is 0 Å². The predicted molar refractivity (Wildman–Crippen MR) is 115 cm³/mol. The number of likely N-dealkylation sites (N-methyl/N-ethyl adjacent to an activating group) is 1. The number of amides is 2. The van der Waals surface area contributed by atoms with Crippen molar-refractivity contribution in [3.8, 4) is 5.75 Å². The Labute approximate surface area is 173 Å². The van der Waals surface area contributed by atoms with Crippen molar-refractivity contribution in [2.45, 2.75) is 26.4 Å². The molecule has 0 aromatic heterocycles. The number of methoxy groups -OCH3 is 1. The molecule has 6 heteroatoms. The molecule has 0 fully saturated rings. The average molecular weight is 398 g/mol. The largest absolute Gasteiger partial charge is 0.496 e. The third-order valence-corrected chi connectivity index (χ3v) is 4.81. The second-order valence-electron chi connectivity index (χ2n) is 7.23. The van der Waals surface area contributed by atoms with E-state index in [1.165, 1.54) is 0 Å². The van der Waals surface area contributed by atoms with Crippen molar-refractivity contribution in [2.24, 2.45) is 0 Å². The summed E-state index contributed by atoms with van der Waals surface area (Å²) in [4.78, 5) is 28.2. The molecule has 0 saturated carbocycles. The fraction of sp³-hybridized carbons (Fsp3) is 0.391. The highest BCUT2D eigenvalue weighted by atomic mass is 16.5. The summed E-state index contributed by atoms with van der Waals surface area (Å²) in [5.41, 5.74) is 2.67. The summed E-state index contributed by atoms with van der Waals surface area (Å²) >= 11 is 0. The van der Waals surface area contributed by atoms with Gasteiger partial charge in [0.05, 0.1) is 19.7 Å². The molecule has 2 aromatic carbocycles. The highest BCUT2D eigenvalue weighted by Gasteiger charge is 2.16. The number of nitrogens with zero attached hydrogens (tertiary/aromatic N) is 2. The number of para-hydroxylation sites is 1. The van der Waals surface area contributed by atoms with Crippen molar-refractivity contribution >= 4 is 11.8 Å². The lowest BCUT2D eigenvalue weighted by molar-refractivity contribution is -0.123. The van der Waals surface area contributed by atoms with Crippen LogP contribution >= 0.6 is 0 Å². The number of carbonyl (C=O) groups excluding carboxylic acids is 2. The maximum Gasteiger partial charge on any atom is 0.253 e. The molecule has 0 aliphatic heterocycles. The van der Waals surface area contributed by atoms with Crippen molar-refractivity contribution in [2.75, 3.05) is 34.3 Å². The van der Waals surface area contributed by atoms with E-state index in [1.807, 2.05) is 62.4 Å². The first-order valence-corrected chi connectivity index (χ1v) is 9.80. The van der Waals surface area contributed by atoms with Crippen molar-refractivity contribution in [3.05, 3.63) is 65.2 Å². The first-order valence-electron chi connectivity index (χ1n) is 9.80. The van der Waals surface area contributed by atoms with Gasteiger partial charge in [0.15, 0.2) is 0 Å². The minimum absolute atomic E-state index is 0.0198. The molecule has 2 rings (SSSR count). The summed E-state index contributed by atoms with van der Waals surface area (Å²) in [6.07, 6.45) is 0. The van der Waals surface area contributed by atoms with E-state index in [2.05, 4.69) is 10.2 Å². The van der Waals surface area contributed by atoms with Gasteiger partial charge >= 0.3 is 0 Å². The number of benzene rings is 2. The van der Waals surface area contributed by atoms with E-state index in [0.29, 0.717) is 18.7 Å². The molecule has 0 bridgehead atoms. The number of hydrogen-bond acceptors (Lipinski definition) is 4. The summed E-state index contributed by atoms with van der Waals surface area (Å²) in [7, 11) is 5.10. The van der Waals surface area contributed by atoms with Gasteiger partial charge in [-0.2, -0.15) is 0 Å². The van der Waals surface area contributed by atoms with Crippen LogP contribution in [0.3, 0.4) is 0 Å². The van der Waals surface area contributed by atoms with Gasteiger partial charge in [-0.05, 0) is 37.2 Å². The second-order valence-corrected chi connectivity index (χ2v) is 7.23. The fourth-order valence-electron chi connectivity index (χ4n) is 3.14. The minimum atomic E-state index is -0.145. The molecule has 6 nitrogen and oxygen atoms in total. The Kier molecular flexibility index (Phi) is 8.21. The lowest BCUT2D eigenvalue weighted by Crippen LogP contribution is -2.38. The minimum Gasteiger partial charge on any atom is -0.496 e. The SMILES string of the molecule is CCN(CC(=O)N[C@H](C)c1ccccc1OC)Cc1ccc(C(=O)N(C)C)cc1. The Balaban J connectivity index is 1.95. The smallest absolute Gasteiger partial charge is 0.253 e. The van der Waals surface area contributed by atoms with Crippen LogP contribution in [0.25, 0.3) is 0 Å². The van der Waals surface area contributed by atoms with Gasteiger partial charge in [-0.25, -0.2) is 0 Å². The fourth-order valence-corrected chi connectivity index (χ4v) is 3.14. The molecule has 156 valence electrons. The van der Waals surface area contributed by atoms with Crippen LogP contribution in [0.15, 0.2) is 48.5 Å². The molecular formula is C23H31N3O3.